The maximum absolute atomic E-state index is 5.96. The zero-order chi connectivity index (χ0) is 15.3. The van der Waals surface area contributed by atoms with Crippen LogP contribution < -0.4 is 5.66 Å². The summed E-state index contributed by atoms with van der Waals surface area (Å²) >= 11 is 5.90. The van der Waals surface area contributed by atoms with Crippen molar-refractivity contribution in [2.24, 2.45) is 0 Å². The lowest BCUT2D eigenvalue weighted by molar-refractivity contribution is 0.00578. The van der Waals surface area contributed by atoms with Crippen LogP contribution in [0.4, 0.5) is 0 Å². The second kappa shape index (κ2) is 4.87. The van der Waals surface area contributed by atoms with Gasteiger partial charge in [-0.05, 0) is 52.0 Å². The number of furan rings is 1. The Hall–Kier alpha value is -1.30. The Morgan fingerprint density at radius 2 is 1.67 bits per heavy atom. The molecule has 110 valence electrons. The molecule has 1 saturated heterocycles. The average Bonchev–Trinajstić information content (AvgIpc) is 2.93. The fourth-order valence-electron chi connectivity index (χ4n) is 2.12. The standard InChI is InChI=1S/C15H17BClNO3/c1-14(2)15(3,4)21-16(20-14)12-9-8-11(19-12)10-6-5-7-13(17)18-10/h5-9H,1-4H3. The highest BCUT2D eigenvalue weighted by Crippen LogP contribution is 2.36. The highest BCUT2D eigenvalue weighted by molar-refractivity contribution is 6.60. The van der Waals surface area contributed by atoms with Crippen LogP contribution >= 0.6 is 11.6 Å². The molecule has 0 atom stereocenters. The van der Waals surface area contributed by atoms with Crippen LogP contribution in [0.1, 0.15) is 27.7 Å². The third-order valence-corrected chi connectivity index (χ3v) is 4.29. The van der Waals surface area contributed by atoms with Gasteiger partial charge in [-0.1, -0.05) is 17.7 Å². The van der Waals surface area contributed by atoms with E-state index in [0.717, 1.165) is 0 Å². The van der Waals surface area contributed by atoms with E-state index in [0.29, 0.717) is 22.3 Å². The van der Waals surface area contributed by atoms with Crippen LogP contribution in [0.25, 0.3) is 11.5 Å². The molecule has 0 radical (unpaired) electrons. The maximum Gasteiger partial charge on any atom is 0.532 e. The number of halogens is 1. The minimum atomic E-state index is -0.511. The van der Waals surface area contributed by atoms with Crippen LogP contribution in [0.3, 0.4) is 0 Å². The van der Waals surface area contributed by atoms with E-state index < -0.39 is 7.12 Å². The molecule has 0 aromatic carbocycles. The molecule has 0 N–H and O–H groups in total. The molecule has 2 aromatic heterocycles. The van der Waals surface area contributed by atoms with Crippen LogP contribution in [0, 0.1) is 0 Å². The number of hydrogen-bond donors (Lipinski definition) is 0. The Balaban J connectivity index is 1.87. The Morgan fingerprint density at radius 3 is 2.29 bits per heavy atom. The molecule has 0 saturated carbocycles. The normalized spacial score (nSPS) is 20.0. The van der Waals surface area contributed by atoms with Gasteiger partial charge in [-0.15, -0.1) is 0 Å². The molecule has 1 aliphatic rings. The van der Waals surface area contributed by atoms with Gasteiger partial charge in [-0.3, -0.25) is 0 Å². The molecule has 0 bridgehead atoms. The summed E-state index contributed by atoms with van der Waals surface area (Å²) < 4.78 is 17.7. The third kappa shape index (κ3) is 2.61. The van der Waals surface area contributed by atoms with Gasteiger partial charge in [0.25, 0.3) is 0 Å². The highest BCUT2D eigenvalue weighted by atomic mass is 35.5. The van der Waals surface area contributed by atoms with Gasteiger partial charge >= 0.3 is 7.12 Å². The van der Waals surface area contributed by atoms with Gasteiger partial charge in [0.15, 0.2) is 5.76 Å². The average molecular weight is 306 g/mol. The quantitative estimate of drug-likeness (QED) is 0.631. The van der Waals surface area contributed by atoms with Crippen molar-refractivity contribution in [3.8, 4) is 11.5 Å². The maximum atomic E-state index is 5.96. The van der Waals surface area contributed by atoms with Gasteiger partial charge in [0.1, 0.15) is 16.5 Å². The number of rotatable bonds is 2. The summed E-state index contributed by atoms with van der Waals surface area (Å²) in [5.74, 6) is 0.641. The highest BCUT2D eigenvalue weighted by Gasteiger charge is 2.53. The van der Waals surface area contributed by atoms with Crippen molar-refractivity contribution in [2.45, 2.75) is 38.9 Å². The molecular formula is C15H17BClNO3. The molecule has 3 rings (SSSR count). The predicted molar refractivity (Wildman–Crippen MR) is 82.7 cm³/mol. The Morgan fingerprint density at radius 1 is 1.00 bits per heavy atom. The molecular weight excluding hydrogens is 288 g/mol. The molecule has 21 heavy (non-hydrogen) atoms. The van der Waals surface area contributed by atoms with Gasteiger partial charge in [0, 0.05) is 0 Å². The molecule has 0 unspecified atom stereocenters. The van der Waals surface area contributed by atoms with Crippen molar-refractivity contribution in [2.75, 3.05) is 0 Å². The predicted octanol–water partition coefficient (Wildman–Crippen LogP) is 3.29. The van der Waals surface area contributed by atoms with Crippen LogP contribution in [0.5, 0.6) is 0 Å². The second-order valence-electron chi connectivity index (χ2n) is 6.14. The van der Waals surface area contributed by atoms with E-state index in [-0.39, 0.29) is 11.2 Å². The van der Waals surface area contributed by atoms with Crippen LogP contribution in [0.2, 0.25) is 5.15 Å². The molecule has 3 heterocycles. The van der Waals surface area contributed by atoms with E-state index in [1.165, 1.54) is 0 Å². The van der Waals surface area contributed by atoms with Gasteiger partial charge in [0.2, 0.25) is 0 Å². The Bertz CT molecular complexity index is 652. The van der Waals surface area contributed by atoms with Crippen molar-refractivity contribution in [3.05, 3.63) is 35.5 Å². The molecule has 6 heteroatoms. The van der Waals surface area contributed by atoms with Crippen LogP contribution in [0.15, 0.2) is 34.7 Å². The third-order valence-electron chi connectivity index (χ3n) is 4.08. The Kier molecular flexibility index (Phi) is 3.39. The van der Waals surface area contributed by atoms with E-state index in [4.69, 9.17) is 25.3 Å². The molecule has 1 aliphatic heterocycles. The minimum Gasteiger partial charge on any atom is -0.463 e. The number of pyridine rings is 1. The molecule has 0 spiro atoms. The fraction of sp³-hybridized carbons (Fsp3) is 0.400. The van der Waals surface area contributed by atoms with Crippen LogP contribution in [-0.2, 0) is 9.31 Å². The van der Waals surface area contributed by atoms with Gasteiger partial charge in [-0.25, -0.2) is 4.98 Å². The van der Waals surface area contributed by atoms with E-state index in [2.05, 4.69) is 4.98 Å². The van der Waals surface area contributed by atoms with Crippen molar-refractivity contribution in [1.82, 2.24) is 4.98 Å². The van der Waals surface area contributed by atoms with Gasteiger partial charge in [0.05, 0.1) is 11.2 Å². The number of hydrogen-bond acceptors (Lipinski definition) is 4. The topological polar surface area (TPSA) is 44.5 Å². The van der Waals surface area contributed by atoms with E-state index >= 15 is 0 Å². The van der Waals surface area contributed by atoms with Crippen molar-refractivity contribution in [3.63, 3.8) is 0 Å². The lowest BCUT2D eigenvalue weighted by Gasteiger charge is -2.32. The summed E-state index contributed by atoms with van der Waals surface area (Å²) in [7, 11) is -0.511. The SMILES string of the molecule is CC1(C)OB(c2ccc(-c3cccc(Cl)n3)o2)OC1(C)C. The van der Waals surface area contributed by atoms with Gasteiger partial charge in [-0.2, -0.15) is 0 Å². The Labute approximate surface area is 129 Å². The summed E-state index contributed by atoms with van der Waals surface area (Å²) in [5, 5.41) is 0.432. The zero-order valence-corrected chi connectivity index (χ0v) is 13.3. The monoisotopic (exact) mass is 305 g/mol. The van der Waals surface area contributed by atoms with Crippen molar-refractivity contribution < 1.29 is 13.7 Å². The van der Waals surface area contributed by atoms with Crippen molar-refractivity contribution >= 4 is 24.4 Å². The first kappa shape index (κ1) is 14.6. The minimum absolute atomic E-state index is 0.390. The smallest absolute Gasteiger partial charge is 0.463 e. The first-order chi connectivity index (χ1) is 9.78. The fourth-order valence-corrected chi connectivity index (χ4v) is 2.29. The largest absolute Gasteiger partial charge is 0.532 e. The molecule has 4 nitrogen and oxygen atoms in total. The molecule has 0 aliphatic carbocycles. The van der Waals surface area contributed by atoms with Crippen molar-refractivity contribution in [1.29, 1.82) is 0 Å². The zero-order valence-electron chi connectivity index (χ0n) is 12.5. The van der Waals surface area contributed by atoms with E-state index in [9.17, 15) is 0 Å². The first-order valence-electron chi connectivity index (χ1n) is 6.87. The number of aromatic nitrogens is 1. The lowest BCUT2D eigenvalue weighted by Crippen LogP contribution is -2.41. The first-order valence-corrected chi connectivity index (χ1v) is 7.25. The van der Waals surface area contributed by atoms with E-state index in [1.54, 1.807) is 6.07 Å². The van der Waals surface area contributed by atoms with Crippen LogP contribution in [-0.4, -0.2) is 23.3 Å². The summed E-state index contributed by atoms with van der Waals surface area (Å²) in [6.07, 6.45) is 0. The lowest BCUT2D eigenvalue weighted by atomic mass is 9.86. The molecule has 0 amide bonds. The van der Waals surface area contributed by atoms with Gasteiger partial charge < -0.3 is 13.7 Å². The summed E-state index contributed by atoms with van der Waals surface area (Å²) in [5.41, 5.74) is 0.536. The number of nitrogens with zero attached hydrogens (tertiary/aromatic N) is 1. The summed E-state index contributed by atoms with van der Waals surface area (Å²) in [4.78, 5) is 4.23. The summed E-state index contributed by atoms with van der Waals surface area (Å²) in [6.45, 7) is 8.04. The molecule has 2 aromatic rings. The van der Waals surface area contributed by atoms with E-state index in [1.807, 2.05) is 52.0 Å². The second-order valence-corrected chi connectivity index (χ2v) is 6.52. The molecule has 1 fully saturated rings. The summed E-state index contributed by atoms with van der Waals surface area (Å²) in [6, 6.07) is 9.10.